The molecule has 2 aromatic carbocycles. The molecule has 1 aromatic heterocycles. The van der Waals surface area contributed by atoms with E-state index in [0.29, 0.717) is 6.54 Å². The third-order valence-electron chi connectivity index (χ3n) is 4.91. The lowest BCUT2D eigenvalue weighted by atomic mass is 9.94. The van der Waals surface area contributed by atoms with Gasteiger partial charge in [-0.1, -0.05) is 73.7 Å². The summed E-state index contributed by atoms with van der Waals surface area (Å²) in [7, 11) is 0. The van der Waals surface area contributed by atoms with Crippen LogP contribution in [-0.4, -0.2) is 22.5 Å². The molecule has 0 radical (unpaired) electrons. The number of thiophene rings is 1. The van der Waals surface area contributed by atoms with E-state index < -0.39 is 18.1 Å². The fraction of sp³-hybridized carbons (Fsp3) is 0.261. The number of benzene rings is 2. The summed E-state index contributed by atoms with van der Waals surface area (Å²) in [6.45, 7) is 2.53. The van der Waals surface area contributed by atoms with Crippen LogP contribution < -0.4 is 5.73 Å². The first kappa shape index (κ1) is 23.1. The summed E-state index contributed by atoms with van der Waals surface area (Å²) in [5.74, 6) is -0.461. The summed E-state index contributed by atoms with van der Waals surface area (Å²) in [5, 5.41) is 12.6. The molecule has 3 rings (SSSR count). The molecule has 0 bridgehead atoms. The molecular formula is C23H27ClN2O2S. The third-order valence-corrected chi connectivity index (χ3v) is 5.88. The highest BCUT2D eigenvalue weighted by atomic mass is 35.5. The maximum Gasteiger partial charge on any atom is 0.227 e. The number of rotatable bonds is 8. The van der Waals surface area contributed by atoms with Gasteiger partial charge in [0.2, 0.25) is 5.91 Å². The first-order chi connectivity index (χ1) is 13.6. The number of halogens is 1. The van der Waals surface area contributed by atoms with Gasteiger partial charge in [-0.3, -0.25) is 4.79 Å². The second-order valence-corrected chi connectivity index (χ2v) is 7.94. The molecule has 29 heavy (non-hydrogen) atoms. The van der Waals surface area contributed by atoms with Gasteiger partial charge in [-0.2, -0.15) is 0 Å². The van der Waals surface area contributed by atoms with E-state index in [9.17, 15) is 9.90 Å². The standard InChI is InChI=1S/C23H26N2O2S.ClH/c1-17(22(24)19-11-6-3-7-12-19)23(27)25(15-18-9-4-2-5-10-18)16-20(26)21-13-8-14-28-21;/h2-14,17,20,22,26H,15-16,24H2,1H3;1H. The highest BCUT2D eigenvalue weighted by Crippen LogP contribution is 2.25. The van der Waals surface area contributed by atoms with Gasteiger partial charge in [-0.25, -0.2) is 0 Å². The topological polar surface area (TPSA) is 66.6 Å². The molecule has 4 nitrogen and oxygen atoms in total. The normalized spacial score (nSPS) is 13.8. The SMILES string of the molecule is CC(C(=O)N(Cc1ccccc1)CC(O)c1cccs1)C(N)c1ccccc1.Cl. The number of carbonyl (C=O) groups is 1. The Morgan fingerprint density at radius 1 is 1.03 bits per heavy atom. The van der Waals surface area contributed by atoms with Crippen molar-refractivity contribution < 1.29 is 9.90 Å². The molecule has 0 aliphatic rings. The van der Waals surface area contributed by atoms with E-state index >= 15 is 0 Å². The van der Waals surface area contributed by atoms with Crippen LogP contribution in [0.3, 0.4) is 0 Å². The summed E-state index contributed by atoms with van der Waals surface area (Å²) in [4.78, 5) is 15.9. The lowest BCUT2D eigenvalue weighted by Gasteiger charge is -2.30. The number of aliphatic hydroxyl groups excluding tert-OH is 1. The van der Waals surface area contributed by atoms with Crippen LogP contribution in [-0.2, 0) is 11.3 Å². The molecule has 1 amide bonds. The molecule has 3 unspecified atom stereocenters. The third kappa shape index (κ3) is 6.15. The second kappa shape index (κ2) is 11.1. The average molecular weight is 431 g/mol. The molecule has 1 heterocycles. The Kier molecular flexibility index (Phi) is 8.86. The summed E-state index contributed by atoms with van der Waals surface area (Å²) < 4.78 is 0. The van der Waals surface area contributed by atoms with Crippen molar-refractivity contribution in [1.82, 2.24) is 4.90 Å². The van der Waals surface area contributed by atoms with E-state index in [1.165, 1.54) is 11.3 Å². The predicted octanol–water partition coefficient (Wildman–Crippen LogP) is 4.57. The zero-order valence-electron chi connectivity index (χ0n) is 16.3. The van der Waals surface area contributed by atoms with Crippen LogP contribution in [0.5, 0.6) is 0 Å². The fourth-order valence-corrected chi connectivity index (χ4v) is 3.92. The minimum atomic E-state index is -0.715. The van der Waals surface area contributed by atoms with Gasteiger partial charge in [0.15, 0.2) is 0 Å². The van der Waals surface area contributed by atoms with Gasteiger partial charge in [-0.05, 0) is 22.6 Å². The van der Waals surface area contributed by atoms with Crippen molar-refractivity contribution in [2.45, 2.75) is 25.6 Å². The van der Waals surface area contributed by atoms with Gasteiger partial charge in [-0.15, -0.1) is 23.7 Å². The molecule has 6 heteroatoms. The maximum absolute atomic E-state index is 13.3. The van der Waals surface area contributed by atoms with Crippen molar-refractivity contribution >= 4 is 29.7 Å². The minimum Gasteiger partial charge on any atom is -0.386 e. The van der Waals surface area contributed by atoms with Gasteiger partial charge in [0.1, 0.15) is 6.10 Å². The monoisotopic (exact) mass is 430 g/mol. The number of hydrogen-bond donors (Lipinski definition) is 2. The molecular weight excluding hydrogens is 404 g/mol. The lowest BCUT2D eigenvalue weighted by molar-refractivity contribution is -0.137. The minimum absolute atomic E-state index is 0. The van der Waals surface area contributed by atoms with Crippen molar-refractivity contribution in [2.24, 2.45) is 11.7 Å². The van der Waals surface area contributed by atoms with E-state index in [1.54, 1.807) is 4.90 Å². The van der Waals surface area contributed by atoms with Crippen LogP contribution in [0.2, 0.25) is 0 Å². The van der Waals surface area contributed by atoms with E-state index in [2.05, 4.69) is 0 Å². The van der Waals surface area contributed by atoms with Crippen LogP contribution >= 0.6 is 23.7 Å². The van der Waals surface area contributed by atoms with Crippen molar-refractivity contribution in [3.05, 3.63) is 94.2 Å². The smallest absolute Gasteiger partial charge is 0.227 e. The molecule has 0 aliphatic heterocycles. The molecule has 0 saturated heterocycles. The van der Waals surface area contributed by atoms with E-state index in [-0.39, 0.29) is 24.9 Å². The first-order valence-electron chi connectivity index (χ1n) is 9.41. The van der Waals surface area contributed by atoms with Crippen LogP contribution in [0.1, 0.15) is 35.1 Å². The number of hydrogen-bond acceptors (Lipinski definition) is 4. The highest BCUT2D eigenvalue weighted by Gasteiger charge is 2.28. The molecule has 0 fully saturated rings. The van der Waals surface area contributed by atoms with Gasteiger partial charge in [0.25, 0.3) is 0 Å². The Morgan fingerprint density at radius 3 is 2.24 bits per heavy atom. The molecule has 3 aromatic rings. The molecule has 154 valence electrons. The van der Waals surface area contributed by atoms with Gasteiger partial charge in [0.05, 0.1) is 12.5 Å². The zero-order chi connectivity index (χ0) is 19.9. The van der Waals surface area contributed by atoms with Crippen LogP contribution in [0.25, 0.3) is 0 Å². The molecule has 3 N–H and O–H groups in total. The van der Waals surface area contributed by atoms with E-state index in [4.69, 9.17) is 5.73 Å². The Bertz CT molecular complexity index is 859. The van der Waals surface area contributed by atoms with Crippen LogP contribution in [0.15, 0.2) is 78.2 Å². The van der Waals surface area contributed by atoms with E-state index in [1.807, 2.05) is 85.1 Å². The summed E-state index contributed by atoms with van der Waals surface area (Å²) in [6.07, 6.45) is -0.715. The van der Waals surface area contributed by atoms with Gasteiger partial charge < -0.3 is 15.7 Å². The van der Waals surface area contributed by atoms with Crippen molar-refractivity contribution in [3.63, 3.8) is 0 Å². The highest BCUT2D eigenvalue weighted by molar-refractivity contribution is 7.10. The quantitative estimate of drug-likeness (QED) is 0.550. The average Bonchev–Trinajstić information content (AvgIpc) is 3.28. The summed E-state index contributed by atoms with van der Waals surface area (Å²) in [6, 6.07) is 22.9. The molecule has 0 saturated carbocycles. The predicted molar refractivity (Wildman–Crippen MR) is 121 cm³/mol. The molecule has 0 aliphatic carbocycles. The molecule has 0 spiro atoms. The maximum atomic E-state index is 13.3. The fourth-order valence-electron chi connectivity index (χ4n) is 3.22. The van der Waals surface area contributed by atoms with Gasteiger partial charge in [0, 0.05) is 17.5 Å². The number of amides is 1. The number of nitrogens with zero attached hydrogens (tertiary/aromatic N) is 1. The Hall–Kier alpha value is -2.18. The number of aliphatic hydroxyl groups is 1. The zero-order valence-corrected chi connectivity index (χ0v) is 18.0. The van der Waals surface area contributed by atoms with Crippen LogP contribution in [0.4, 0.5) is 0 Å². The Balaban J connectivity index is 0.00000300. The molecule has 3 atom stereocenters. The number of carbonyl (C=O) groups excluding carboxylic acids is 1. The largest absolute Gasteiger partial charge is 0.386 e. The van der Waals surface area contributed by atoms with Crippen LogP contribution in [0, 0.1) is 5.92 Å². The number of nitrogens with two attached hydrogens (primary N) is 1. The summed E-state index contributed by atoms with van der Waals surface area (Å²) >= 11 is 1.49. The second-order valence-electron chi connectivity index (χ2n) is 6.96. The lowest BCUT2D eigenvalue weighted by Crippen LogP contribution is -2.41. The van der Waals surface area contributed by atoms with Crippen molar-refractivity contribution in [1.29, 1.82) is 0 Å². The van der Waals surface area contributed by atoms with Gasteiger partial charge >= 0.3 is 0 Å². The summed E-state index contributed by atoms with van der Waals surface area (Å²) in [5.41, 5.74) is 8.34. The first-order valence-corrected chi connectivity index (χ1v) is 10.3. The Morgan fingerprint density at radius 2 is 1.66 bits per heavy atom. The van der Waals surface area contributed by atoms with Crippen molar-refractivity contribution in [2.75, 3.05) is 6.54 Å². The van der Waals surface area contributed by atoms with Crippen molar-refractivity contribution in [3.8, 4) is 0 Å². The Labute approximate surface area is 182 Å². The van der Waals surface area contributed by atoms with E-state index in [0.717, 1.165) is 16.0 Å².